The number of nitrogens with zero attached hydrogens (tertiary/aromatic N) is 2. The molecule has 5 rings (SSSR count). The van der Waals surface area contributed by atoms with Crippen molar-refractivity contribution in [3.63, 3.8) is 0 Å². The number of fused-ring (bicyclic) bond motifs is 2. The number of piperazine rings is 1. The first kappa shape index (κ1) is 19.2. The Morgan fingerprint density at radius 1 is 0.967 bits per heavy atom. The van der Waals surface area contributed by atoms with Gasteiger partial charge in [-0.2, -0.15) is 0 Å². The van der Waals surface area contributed by atoms with Gasteiger partial charge in [-0.15, -0.1) is 0 Å². The molecule has 2 aromatic carbocycles. The molecule has 2 aliphatic heterocycles. The molecule has 8 heteroatoms. The van der Waals surface area contributed by atoms with E-state index in [4.69, 9.17) is 25.5 Å². The van der Waals surface area contributed by atoms with Gasteiger partial charge in [-0.25, -0.2) is 0 Å². The number of hydrogen-bond acceptors (Lipinski definition) is 7. The molecule has 0 aliphatic carbocycles. The molecule has 0 saturated carbocycles. The Morgan fingerprint density at radius 2 is 1.70 bits per heavy atom. The van der Waals surface area contributed by atoms with Crippen molar-refractivity contribution >= 4 is 22.6 Å². The van der Waals surface area contributed by atoms with Crippen LogP contribution in [0.5, 0.6) is 17.2 Å². The van der Waals surface area contributed by atoms with Crippen LogP contribution in [0.15, 0.2) is 45.8 Å². The van der Waals surface area contributed by atoms with Gasteiger partial charge >= 0.3 is 0 Å². The lowest BCUT2D eigenvalue weighted by atomic mass is 10.1. The Hall–Kier alpha value is -2.74. The molecule has 7 nitrogen and oxygen atoms in total. The lowest BCUT2D eigenvalue weighted by molar-refractivity contribution is 0.121. The molecule has 0 spiro atoms. The largest absolute Gasteiger partial charge is 0.507 e. The lowest BCUT2D eigenvalue weighted by Gasteiger charge is -2.34. The van der Waals surface area contributed by atoms with E-state index in [1.165, 1.54) is 17.9 Å². The smallest absolute Gasteiger partial charge is 0.231 e. The third-order valence-electron chi connectivity index (χ3n) is 5.67. The van der Waals surface area contributed by atoms with Crippen molar-refractivity contribution in [3.8, 4) is 17.2 Å². The first-order chi connectivity index (χ1) is 14.6. The van der Waals surface area contributed by atoms with E-state index in [9.17, 15) is 9.90 Å². The van der Waals surface area contributed by atoms with Gasteiger partial charge in [-0.3, -0.25) is 14.6 Å². The molecule has 0 radical (unpaired) electrons. The molecular weight excluding hydrogens is 408 g/mol. The number of hydrogen-bond donors (Lipinski definition) is 1. The summed E-state index contributed by atoms with van der Waals surface area (Å²) in [5, 5.41) is 10.8. The van der Waals surface area contributed by atoms with Crippen molar-refractivity contribution < 1.29 is 19.0 Å². The predicted octanol–water partition coefficient (Wildman–Crippen LogP) is 3.20. The van der Waals surface area contributed by atoms with Crippen LogP contribution >= 0.6 is 11.6 Å². The number of rotatable bonds is 4. The van der Waals surface area contributed by atoms with E-state index >= 15 is 0 Å². The molecule has 3 aromatic rings. The average molecular weight is 429 g/mol. The summed E-state index contributed by atoms with van der Waals surface area (Å²) < 4.78 is 16.4. The highest BCUT2D eigenvalue weighted by molar-refractivity contribution is 6.30. The SMILES string of the molecule is O=c1c(Cl)coc2c(CN3CCN(Cc4ccc5c(c4)OCO5)CC3)c(O)ccc12. The quantitative estimate of drug-likeness (QED) is 0.683. The summed E-state index contributed by atoms with van der Waals surface area (Å²) in [6.07, 6.45) is 1.23. The monoisotopic (exact) mass is 428 g/mol. The van der Waals surface area contributed by atoms with Gasteiger partial charge in [0.25, 0.3) is 0 Å². The summed E-state index contributed by atoms with van der Waals surface area (Å²) in [6, 6.07) is 9.14. The summed E-state index contributed by atoms with van der Waals surface area (Å²) in [7, 11) is 0. The lowest BCUT2D eigenvalue weighted by Crippen LogP contribution is -2.45. The van der Waals surface area contributed by atoms with E-state index in [1.807, 2.05) is 12.1 Å². The Balaban J connectivity index is 1.26. The van der Waals surface area contributed by atoms with Crippen LogP contribution in [0.2, 0.25) is 5.02 Å². The number of ether oxygens (including phenoxy) is 2. The zero-order chi connectivity index (χ0) is 20.7. The molecule has 1 aromatic heterocycles. The van der Waals surface area contributed by atoms with Crippen LogP contribution in [0.3, 0.4) is 0 Å². The molecule has 0 atom stereocenters. The van der Waals surface area contributed by atoms with Crippen molar-refractivity contribution in [2.75, 3.05) is 33.0 Å². The minimum Gasteiger partial charge on any atom is -0.507 e. The van der Waals surface area contributed by atoms with E-state index in [2.05, 4.69) is 15.9 Å². The van der Waals surface area contributed by atoms with Crippen molar-refractivity contribution in [1.29, 1.82) is 0 Å². The third-order valence-corrected chi connectivity index (χ3v) is 5.93. The molecule has 1 saturated heterocycles. The van der Waals surface area contributed by atoms with Gasteiger partial charge in [-0.05, 0) is 29.8 Å². The van der Waals surface area contributed by atoms with Crippen LogP contribution in [0, 0.1) is 0 Å². The highest BCUT2D eigenvalue weighted by Crippen LogP contribution is 2.33. The van der Waals surface area contributed by atoms with Crippen LogP contribution in [-0.2, 0) is 13.1 Å². The van der Waals surface area contributed by atoms with E-state index in [1.54, 1.807) is 6.07 Å². The summed E-state index contributed by atoms with van der Waals surface area (Å²) in [5.74, 6) is 1.72. The summed E-state index contributed by atoms with van der Waals surface area (Å²) >= 11 is 5.89. The Morgan fingerprint density at radius 3 is 2.50 bits per heavy atom. The number of phenolic OH excluding ortho intramolecular Hbond substituents is 1. The maximum absolute atomic E-state index is 12.3. The minimum absolute atomic E-state index is 0.0382. The average Bonchev–Trinajstić information content (AvgIpc) is 3.22. The second kappa shape index (κ2) is 7.83. The Labute approximate surface area is 178 Å². The van der Waals surface area contributed by atoms with Crippen molar-refractivity contribution in [2.45, 2.75) is 13.1 Å². The van der Waals surface area contributed by atoms with E-state index in [0.29, 0.717) is 23.1 Å². The number of halogens is 1. The molecule has 156 valence electrons. The molecule has 0 unspecified atom stereocenters. The van der Waals surface area contributed by atoms with E-state index in [-0.39, 0.29) is 23.0 Å². The fourth-order valence-corrected chi connectivity index (χ4v) is 4.15. The Bertz CT molecular complexity index is 1150. The molecule has 0 bridgehead atoms. The second-order valence-electron chi connectivity index (χ2n) is 7.59. The van der Waals surface area contributed by atoms with E-state index < -0.39 is 0 Å². The van der Waals surface area contributed by atoms with Gasteiger partial charge in [0.2, 0.25) is 12.2 Å². The predicted molar refractivity (Wildman–Crippen MR) is 112 cm³/mol. The van der Waals surface area contributed by atoms with Gasteiger partial charge < -0.3 is 19.0 Å². The molecule has 1 fully saturated rings. The topological polar surface area (TPSA) is 75.4 Å². The van der Waals surface area contributed by atoms with Crippen LogP contribution in [0.4, 0.5) is 0 Å². The first-order valence-electron chi connectivity index (χ1n) is 9.83. The maximum Gasteiger partial charge on any atom is 0.231 e. The zero-order valence-electron chi connectivity index (χ0n) is 16.3. The Kier molecular flexibility index (Phi) is 5.02. The number of benzene rings is 2. The standard InChI is InChI=1S/C22H21ClN2O5/c23-17-12-28-22-15(21(17)27)2-3-18(26)16(22)11-25-7-5-24(6-8-25)10-14-1-4-19-20(9-14)30-13-29-19/h1-4,9,12,26H,5-8,10-11,13H2. The normalized spacial score (nSPS) is 17.0. The molecule has 2 aliphatic rings. The molecule has 0 amide bonds. The fourth-order valence-electron chi connectivity index (χ4n) is 4.00. The van der Waals surface area contributed by atoms with Gasteiger partial charge in [0.1, 0.15) is 22.6 Å². The maximum atomic E-state index is 12.3. The number of phenols is 1. The summed E-state index contributed by atoms with van der Waals surface area (Å²) in [4.78, 5) is 16.9. The molecular formula is C22H21ClN2O5. The second-order valence-corrected chi connectivity index (χ2v) is 8.00. The molecule has 30 heavy (non-hydrogen) atoms. The van der Waals surface area contributed by atoms with Gasteiger partial charge in [0.05, 0.1) is 10.9 Å². The van der Waals surface area contributed by atoms with Crippen molar-refractivity contribution in [1.82, 2.24) is 9.80 Å². The van der Waals surface area contributed by atoms with Gasteiger partial charge in [-0.1, -0.05) is 17.7 Å². The first-order valence-corrected chi connectivity index (χ1v) is 10.2. The highest BCUT2D eigenvalue weighted by Gasteiger charge is 2.22. The van der Waals surface area contributed by atoms with Crippen LogP contribution in [-0.4, -0.2) is 47.9 Å². The fraction of sp³-hybridized carbons (Fsp3) is 0.318. The summed E-state index contributed by atoms with van der Waals surface area (Å²) in [6.45, 7) is 5.12. The van der Waals surface area contributed by atoms with Crippen LogP contribution in [0.25, 0.3) is 11.0 Å². The molecule has 1 N–H and O–H groups in total. The zero-order valence-corrected chi connectivity index (χ0v) is 17.0. The highest BCUT2D eigenvalue weighted by atomic mass is 35.5. The van der Waals surface area contributed by atoms with E-state index in [0.717, 1.165) is 44.2 Å². The molecule has 3 heterocycles. The van der Waals surface area contributed by atoms with Crippen molar-refractivity contribution in [2.24, 2.45) is 0 Å². The minimum atomic E-state index is -0.285. The summed E-state index contributed by atoms with van der Waals surface area (Å²) in [5.41, 5.74) is 1.92. The van der Waals surface area contributed by atoms with Crippen molar-refractivity contribution in [3.05, 3.63) is 63.0 Å². The van der Waals surface area contributed by atoms with Crippen LogP contribution in [0.1, 0.15) is 11.1 Å². The van der Waals surface area contributed by atoms with Gasteiger partial charge in [0.15, 0.2) is 11.5 Å². The van der Waals surface area contributed by atoms with Crippen LogP contribution < -0.4 is 14.9 Å². The van der Waals surface area contributed by atoms with Gasteiger partial charge in [0, 0.05) is 39.3 Å². The third kappa shape index (κ3) is 3.60. The number of aromatic hydroxyl groups is 1.